The van der Waals surface area contributed by atoms with Crippen molar-refractivity contribution in [2.24, 2.45) is 0 Å². The minimum atomic E-state index is -0.522. The lowest BCUT2D eigenvalue weighted by molar-refractivity contribution is -0.147. The lowest BCUT2D eigenvalue weighted by Gasteiger charge is -2.22. The number of hydrogen-bond donors (Lipinski definition) is 0. The van der Waals surface area contributed by atoms with E-state index in [-0.39, 0.29) is 19.4 Å². The van der Waals surface area contributed by atoms with E-state index in [2.05, 4.69) is 0 Å². The largest absolute Gasteiger partial charge is 0.494 e. The number of carbonyl (C=O) groups excluding carboxylic acids is 2. The summed E-state index contributed by atoms with van der Waals surface area (Å²) in [6.07, 6.45) is 1.71. The Kier molecular flexibility index (Phi) is 7.50. The van der Waals surface area contributed by atoms with E-state index in [9.17, 15) is 9.59 Å². The predicted molar refractivity (Wildman–Crippen MR) is 121 cm³/mol. The minimum absolute atomic E-state index is 0.00400. The molecule has 0 radical (unpaired) electrons. The summed E-state index contributed by atoms with van der Waals surface area (Å²) in [5, 5.41) is 9.80. The highest BCUT2D eigenvalue weighted by molar-refractivity contribution is 5.95. The molecule has 0 fully saturated rings. The Labute approximate surface area is 187 Å². The van der Waals surface area contributed by atoms with E-state index < -0.39 is 18.5 Å². The normalized spacial score (nSPS) is 10.6. The van der Waals surface area contributed by atoms with Crippen LogP contribution < -0.4 is 9.64 Å². The standard InChI is InChI=1S/C25H26N2O5/c1-4-30-21-8-6-20(7-9-21)27(11-5-10-26)24(28)16-32-25(29)14-19-15-31-23-13-18(3)17(2)12-22(19)23/h6-9,12-13,15H,4-5,11,14,16H2,1-3H3. The van der Waals surface area contributed by atoms with Crippen LogP contribution in [-0.4, -0.2) is 31.6 Å². The van der Waals surface area contributed by atoms with Crippen molar-refractivity contribution in [3.63, 3.8) is 0 Å². The molecule has 166 valence electrons. The number of aryl methyl sites for hydroxylation is 2. The third kappa shape index (κ3) is 5.46. The van der Waals surface area contributed by atoms with Crippen molar-refractivity contribution in [3.8, 4) is 11.8 Å². The van der Waals surface area contributed by atoms with Gasteiger partial charge in [0.1, 0.15) is 11.3 Å². The van der Waals surface area contributed by atoms with Crippen LogP contribution in [0.1, 0.15) is 30.0 Å². The van der Waals surface area contributed by atoms with Crippen LogP contribution >= 0.6 is 0 Å². The van der Waals surface area contributed by atoms with Crippen LogP contribution in [0.4, 0.5) is 5.69 Å². The fourth-order valence-corrected chi connectivity index (χ4v) is 3.35. The number of esters is 1. The summed E-state index contributed by atoms with van der Waals surface area (Å²) in [6, 6.07) is 12.9. The van der Waals surface area contributed by atoms with Crippen LogP contribution in [0.5, 0.6) is 5.75 Å². The maximum atomic E-state index is 12.8. The van der Waals surface area contributed by atoms with Crippen molar-refractivity contribution in [2.45, 2.75) is 33.6 Å². The third-order valence-electron chi connectivity index (χ3n) is 5.17. The SMILES string of the molecule is CCOc1ccc(N(CCC#N)C(=O)COC(=O)Cc2coc3cc(C)c(C)cc23)cc1. The number of rotatable bonds is 9. The van der Waals surface area contributed by atoms with E-state index in [0.29, 0.717) is 29.2 Å². The third-order valence-corrected chi connectivity index (χ3v) is 5.17. The molecule has 7 heteroatoms. The summed E-state index contributed by atoms with van der Waals surface area (Å²) in [5.74, 6) is -0.236. The van der Waals surface area contributed by atoms with Crippen LogP contribution in [-0.2, 0) is 20.7 Å². The van der Waals surface area contributed by atoms with Gasteiger partial charge in [0.15, 0.2) is 6.61 Å². The van der Waals surface area contributed by atoms with E-state index in [4.69, 9.17) is 19.2 Å². The van der Waals surface area contributed by atoms with Gasteiger partial charge in [-0.1, -0.05) is 0 Å². The molecule has 0 atom stereocenters. The maximum Gasteiger partial charge on any atom is 0.310 e. The molecule has 0 spiro atoms. The second-order valence-electron chi connectivity index (χ2n) is 7.41. The number of benzene rings is 2. The summed E-state index contributed by atoms with van der Waals surface area (Å²) < 4.78 is 16.2. The second kappa shape index (κ2) is 10.5. The fraction of sp³-hybridized carbons (Fsp3) is 0.320. The number of hydrogen-bond acceptors (Lipinski definition) is 6. The summed E-state index contributed by atoms with van der Waals surface area (Å²) >= 11 is 0. The predicted octanol–water partition coefficient (Wildman–Crippen LogP) is 4.48. The number of amides is 1. The Bertz CT molecular complexity index is 1140. The molecular formula is C25H26N2O5. The van der Waals surface area contributed by atoms with Crippen molar-refractivity contribution < 1.29 is 23.5 Å². The minimum Gasteiger partial charge on any atom is -0.494 e. The molecule has 0 aliphatic heterocycles. The highest BCUT2D eigenvalue weighted by Crippen LogP contribution is 2.25. The molecule has 3 rings (SSSR count). The van der Waals surface area contributed by atoms with Crippen LogP contribution in [0.2, 0.25) is 0 Å². The van der Waals surface area contributed by atoms with Gasteiger partial charge in [0.05, 0.1) is 31.8 Å². The molecule has 0 aliphatic rings. The number of carbonyl (C=O) groups is 2. The molecule has 7 nitrogen and oxygen atoms in total. The summed E-state index contributed by atoms with van der Waals surface area (Å²) in [7, 11) is 0. The highest BCUT2D eigenvalue weighted by atomic mass is 16.5. The van der Waals surface area contributed by atoms with Gasteiger partial charge in [0.25, 0.3) is 5.91 Å². The lowest BCUT2D eigenvalue weighted by Crippen LogP contribution is -2.35. The first-order valence-corrected chi connectivity index (χ1v) is 10.5. The molecular weight excluding hydrogens is 408 g/mol. The van der Waals surface area contributed by atoms with Crippen LogP contribution in [0.25, 0.3) is 11.0 Å². The first-order valence-electron chi connectivity index (χ1n) is 10.5. The van der Waals surface area contributed by atoms with Gasteiger partial charge in [0.2, 0.25) is 0 Å². The molecule has 0 unspecified atom stereocenters. The van der Waals surface area contributed by atoms with E-state index in [1.807, 2.05) is 39.0 Å². The van der Waals surface area contributed by atoms with Gasteiger partial charge in [-0.15, -0.1) is 0 Å². The van der Waals surface area contributed by atoms with Crippen molar-refractivity contribution in [1.82, 2.24) is 0 Å². The van der Waals surface area contributed by atoms with Gasteiger partial charge in [0, 0.05) is 23.2 Å². The van der Waals surface area contributed by atoms with Crippen molar-refractivity contribution in [1.29, 1.82) is 5.26 Å². The van der Waals surface area contributed by atoms with Crippen molar-refractivity contribution in [2.75, 3.05) is 24.7 Å². The van der Waals surface area contributed by atoms with Gasteiger partial charge in [-0.3, -0.25) is 9.59 Å². The van der Waals surface area contributed by atoms with Crippen molar-refractivity contribution >= 4 is 28.5 Å². The molecule has 0 saturated carbocycles. The molecule has 3 aromatic rings. The Hall–Kier alpha value is -3.79. The first-order chi connectivity index (χ1) is 15.4. The topological polar surface area (TPSA) is 92.8 Å². The van der Waals surface area contributed by atoms with Gasteiger partial charge in [-0.05, 0) is 68.3 Å². The quantitative estimate of drug-likeness (QED) is 0.461. The Morgan fingerprint density at radius 1 is 1.12 bits per heavy atom. The average molecular weight is 434 g/mol. The Morgan fingerprint density at radius 2 is 1.84 bits per heavy atom. The number of ether oxygens (including phenoxy) is 2. The number of fused-ring (bicyclic) bond motifs is 1. The highest BCUT2D eigenvalue weighted by Gasteiger charge is 2.19. The molecule has 0 N–H and O–H groups in total. The van der Waals surface area contributed by atoms with E-state index in [1.165, 1.54) is 4.90 Å². The van der Waals surface area contributed by atoms with E-state index in [0.717, 1.165) is 16.5 Å². The smallest absolute Gasteiger partial charge is 0.310 e. The first kappa shape index (κ1) is 22.9. The zero-order valence-electron chi connectivity index (χ0n) is 18.5. The summed E-state index contributed by atoms with van der Waals surface area (Å²) in [4.78, 5) is 26.6. The molecule has 32 heavy (non-hydrogen) atoms. The summed E-state index contributed by atoms with van der Waals surface area (Å²) in [6.45, 7) is 6.22. The molecule has 0 bridgehead atoms. The molecule has 0 saturated heterocycles. The number of nitriles is 1. The molecule has 2 aromatic carbocycles. The van der Waals surface area contributed by atoms with Gasteiger partial charge in [-0.25, -0.2) is 0 Å². The maximum absolute atomic E-state index is 12.8. The van der Waals surface area contributed by atoms with Gasteiger partial charge >= 0.3 is 5.97 Å². The molecule has 1 amide bonds. The lowest BCUT2D eigenvalue weighted by atomic mass is 10.0. The monoisotopic (exact) mass is 434 g/mol. The average Bonchev–Trinajstić information content (AvgIpc) is 3.15. The zero-order valence-corrected chi connectivity index (χ0v) is 18.5. The zero-order chi connectivity index (χ0) is 23.1. The van der Waals surface area contributed by atoms with Gasteiger partial charge in [-0.2, -0.15) is 5.26 Å². The Morgan fingerprint density at radius 3 is 2.53 bits per heavy atom. The molecule has 1 heterocycles. The molecule has 1 aromatic heterocycles. The number of furan rings is 1. The van der Waals surface area contributed by atoms with E-state index in [1.54, 1.807) is 30.5 Å². The number of anilines is 1. The van der Waals surface area contributed by atoms with Crippen LogP contribution in [0, 0.1) is 25.2 Å². The van der Waals surface area contributed by atoms with Crippen molar-refractivity contribution in [3.05, 3.63) is 59.4 Å². The van der Waals surface area contributed by atoms with Crippen LogP contribution in [0.15, 0.2) is 47.1 Å². The van der Waals surface area contributed by atoms with E-state index >= 15 is 0 Å². The van der Waals surface area contributed by atoms with Gasteiger partial charge < -0.3 is 18.8 Å². The summed E-state index contributed by atoms with van der Waals surface area (Å²) in [5.41, 5.74) is 4.25. The second-order valence-corrected chi connectivity index (χ2v) is 7.41. The molecule has 0 aliphatic carbocycles. The number of nitrogens with zero attached hydrogens (tertiary/aromatic N) is 2. The fourth-order valence-electron chi connectivity index (χ4n) is 3.35. The Balaban J connectivity index is 1.64. The van der Waals surface area contributed by atoms with Crippen LogP contribution in [0.3, 0.4) is 0 Å².